The third-order valence-electron chi connectivity index (χ3n) is 6.80. The average Bonchev–Trinajstić information content (AvgIpc) is 3.38. The minimum atomic E-state index is -0.0386. The number of hydrogen-bond acceptors (Lipinski definition) is 7. The van der Waals surface area contributed by atoms with Crippen molar-refractivity contribution in [3.8, 4) is 22.8 Å². The molecule has 9 nitrogen and oxygen atoms in total. The number of aromatic nitrogens is 5. The van der Waals surface area contributed by atoms with Crippen molar-refractivity contribution in [1.29, 1.82) is 0 Å². The molecule has 3 aromatic heterocycles. The van der Waals surface area contributed by atoms with Gasteiger partial charge in [0, 0.05) is 37.1 Å². The summed E-state index contributed by atoms with van der Waals surface area (Å²) in [4.78, 5) is 27.6. The van der Waals surface area contributed by atoms with Crippen LogP contribution >= 0.6 is 0 Å². The van der Waals surface area contributed by atoms with E-state index in [9.17, 15) is 4.79 Å². The van der Waals surface area contributed by atoms with Crippen LogP contribution in [-0.4, -0.2) is 48.6 Å². The maximum atomic E-state index is 13.0. The fourth-order valence-electron chi connectivity index (χ4n) is 4.86. The van der Waals surface area contributed by atoms with Crippen LogP contribution < -0.4 is 10.5 Å². The highest BCUT2D eigenvalue weighted by molar-refractivity contribution is 5.98. The van der Waals surface area contributed by atoms with Gasteiger partial charge in [-0.05, 0) is 73.0 Å². The number of rotatable bonds is 6. The normalized spacial score (nSPS) is 15.6. The second-order valence-corrected chi connectivity index (χ2v) is 9.38. The van der Waals surface area contributed by atoms with Gasteiger partial charge in [-0.25, -0.2) is 14.6 Å². The summed E-state index contributed by atoms with van der Waals surface area (Å²) in [6.45, 7) is 1.23. The van der Waals surface area contributed by atoms with Gasteiger partial charge in [0.2, 0.25) is 5.91 Å². The number of nitrogens with zero attached hydrogens (tertiary/aromatic N) is 6. The highest BCUT2D eigenvalue weighted by atomic mass is 16.5. The number of para-hydroxylation sites is 1. The summed E-state index contributed by atoms with van der Waals surface area (Å²) >= 11 is 0. The minimum absolute atomic E-state index is 0.0312. The molecule has 1 amide bonds. The number of hydrogen-bond donors (Lipinski definition) is 1. The summed E-state index contributed by atoms with van der Waals surface area (Å²) in [7, 11) is 0. The van der Waals surface area contributed by atoms with Gasteiger partial charge >= 0.3 is 0 Å². The third-order valence-corrected chi connectivity index (χ3v) is 6.80. The van der Waals surface area contributed by atoms with Crippen molar-refractivity contribution in [3.05, 3.63) is 97.1 Å². The molecule has 5 aromatic rings. The van der Waals surface area contributed by atoms with Crippen molar-refractivity contribution in [1.82, 2.24) is 29.6 Å². The van der Waals surface area contributed by atoms with E-state index >= 15 is 0 Å². The number of amides is 1. The summed E-state index contributed by atoms with van der Waals surface area (Å²) in [6.07, 6.45) is 10.0. The van der Waals surface area contributed by atoms with Crippen molar-refractivity contribution in [2.24, 2.45) is 0 Å². The SMILES string of the molecule is Nc1ncnc2c1c(-c1ccc(Oc3ccccc3)cc1)nn2C1CCCN(C(=O)C=Cc2ccncc2)C1. The van der Waals surface area contributed by atoms with E-state index < -0.39 is 0 Å². The topological polar surface area (TPSA) is 112 Å². The second-order valence-electron chi connectivity index (χ2n) is 9.38. The Bertz CT molecular complexity index is 1620. The molecule has 1 unspecified atom stereocenters. The Hall–Kier alpha value is -5.05. The van der Waals surface area contributed by atoms with Gasteiger partial charge in [-0.2, -0.15) is 5.10 Å². The van der Waals surface area contributed by atoms with Crippen molar-refractivity contribution in [2.45, 2.75) is 18.9 Å². The fourth-order valence-corrected chi connectivity index (χ4v) is 4.86. The van der Waals surface area contributed by atoms with Gasteiger partial charge in [0.1, 0.15) is 29.3 Å². The lowest BCUT2D eigenvalue weighted by Gasteiger charge is -2.32. The molecule has 1 fully saturated rings. The lowest BCUT2D eigenvalue weighted by Crippen LogP contribution is -2.40. The summed E-state index contributed by atoms with van der Waals surface area (Å²) in [5.41, 5.74) is 9.51. The lowest BCUT2D eigenvalue weighted by atomic mass is 10.1. The van der Waals surface area contributed by atoms with E-state index in [2.05, 4.69) is 15.0 Å². The monoisotopic (exact) mass is 517 g/mol. The van der Waals surface area contributed by atoms with E-state index in [1.807, 2.05) is 82.4 Å². The molecule has 1 saturated heterocycles. The van der Waals surface area contributed by atoms with Crippen LogP contribution in [0.1, 0.15) is 24.4 Å². The highest BCUT2D eigenvalue weighted by Gasteiger charge is 2.28. The molecule has 1 aliphatic rings. The van der Waals surface area contributed by atoms with Gasteiger partial charge in [-0.15, -0.1) is 0 Å². The number of fused-ring (bicyclic) bond motifs is 1. The highest BCUT2D eigenvalue weighted by Crippen LogP contribution is 2.35. The number of anilines is 1. The lowest BCUT2D eigenvalue weighted by molar-refractivity contribution is -0.127. The average molecular weight is 518 g/mol. The van der Waals surface area contributed by atoms with E-state index in [0.29, 0.717) is 35.6 Å². The standard InChI is InChI=1S/C30H27N7O2/c31-29-27-28(22-9-11-25(12-10-22)39-24-6-2-1-3-7-24)35-37(30(27)34-20-33-29)23-5-4-18-36(19-23)26(38)13-8-21-14-16-32-17-15-21/h1-3,6-17,20,23H,4-5,18-19H2,(H2,31,33,34). The van der Waals surface area contributed by atoms with E-state index in [1.165, 1.54) is 6.33 Å². The van der Waals surface area contributed by atoms with Crippen molar-refractivity contribution >= 4 is 28.8 Å². The van der Waals surface area contributed by atoms with E-state index in [1.54, 1.807) is 18.5 Å². The maximum Gasteiger partial charge on any atom is 0.246 e. The number of carbonyl (C=O) groups excluding carboxylic acids is 1. The Balaban J connectivity index is 1.27. The first-order valence-electron chi connectivity index (χ1n) is 12.8. The molecular weight excluding hydrogens is 490 g/mol. The zero-order chi connectivity index (χ0) is 26.6. The molecule has 0 bridgehead atoms. The quantitative estimate of drug-likeness (QED) is 0.310. The minimum Gasteiger partial charge on any atom is -0.457 e. The van der Waals surface area contributed by atoms with Gasteiger partial charge in [0.25, 0.3) is 0 Å². The molecular formula is C30H27N7O2. The number of nitrogens with two attached hydrogens (primary N) is 1. The predicted octanol–water partition coefficient (Wildman–Crippen LogP) is 5.14. The second kappa shape index (κ2) is 10.7. The van der Waals surface area contributed by atoms with Crippen LogP contribution in [0.5, 0.6) is 11.5 Å². The molecule has 194 valence electrons. The van der Waals surface area contributed by atoms with Crippen molar-refractivity contribution in [2.75, 3.05) is 18.8 Å². The Morgan fingerprint density at radius 3 is 2.54 bits per heavy atom. The number of piperidine rings is 1. The number of carbonyl (C=O) groups is 1. The fraction of sp³-hybridized carbons (Fsp3) is 0.167. The molecule has 0 aliphatic carbocycles. The Labute approximate surface area is 225 Å². The number of nitrogen functional groups attached to an aromatic ring is 1. The third kappa shape index (κ3) is 5.19. The Morgan fingerprint density at radius 2 is 1.74 bits per heavy atom. The Morgan fingerprint density at radius 1 is 0.974 bits per heavy atom. The first kappa shape index (κ1) is 24.3. The van der Waals surface area contributed by atoms with Crippen molar-refractivity contribution < 1.29 is 9.53 Å². The number of ether oxygens (including phenoxy) is 1. The largest absolute Gasteiger partial charge is 0.457 e. The number of pyridine rings is 1. The first-order valence-corrected chi connectivity index (χ1v) is 12.8. The van der Waals surface area contributed by atoms with Crippen LogP contribution in [-0.2, 0) is 4.79 Å². The van der Waals surface area contributed by atoms with Gasteiger partial charge in [0.05, 0.1) is 11.4 Å². The molecule has 2 N–H and O–H groups in total. The van der Waals surface area contributed by atoms with Crippen LogP contribution in [0.3, 0.4) is 0 Å². The van der Waals surface area contributed by atoms with Gasteiger partial charge in [0.15, 0.2) is 5.65 Å². The molecule has 39 heavy (non-hydrogen) atoms. The summed E-state index contributed by atoms with van der Waals surface area (Å²) in [5.74, 6) is 1.83. The van der Waals surface area contributed by atoms with E-state index in [-0.39, 0.29) is 11.9 Å². The zero-order valence-electron chi connectivity index (χ0n) is 21.2. The molecule has 1 aliphatic heterocycles. The summed E-state index contributed by atoms with van der Waals surface area (Å²) in [5, 5.41) is 5.68. The van der Waals surface area contributed by atoms with Crippen LogP contribution in [0.25, 0.3) is 28.4 Å². The van der Waals surface area contributed by atoms with Crippen molar-refractivity contribution in [3.63, 3.8) is 0 Å². The van der Waals surface area contributed by atoms with Gasteiger partial charge < -0.3 is 15.4 Å². The first-order chi connectivity index (χ1) is 19.2. The molecule has 1 atom stereocenters. The predicted molar refractivity (Wildman–Crippen MR) is 150 cm³/mol. The van der Waals surface area contributed by atoms with Crippen LogP contribution in [0.2, 0.25) is 0 Å². The molecule has 0 radical (unpaired) electrons. The molecule has 4 heterocycles. The number of likely N-dealkylation sites (tertiary alicyclic amines) is 1. The molecule has 6 rings (SSSR count). The number of benzene rings is 2. The van der Waals surface area contributed by atoms with Gasteiger partial charge in [-0.1, -0.05) is 18.2 Å². The summed E-state index contributed by atoms with van der Waals surface area (Å²) in [6, 6.07) is 21.1. The van der Waals surface area contributed by atoms with Gasteiger partial charge in [-0.3, -0.25) is 9.78 Å². The van der Waals surface area contributed by atoms with Crippen LogP contribution in [0, 0.1) is 0 Å². The maximum absolute atomic E-state index is 13.0. The molecule has 0 saturated carbocycles. The Kier molecular flexibility index (Phi) is 6.69. The summed E-state index contributed by atoms with van der Waals surface area (Å²) < 4.78 is 7.85. The van der Waals surface area contributed by atoms with Crippen LogP contribution in [0.15, 0.2) is 91.5 Å². The molecule has 0 spiro atoms. The van der Waals surface area contributed by atoms with E-state index in [0.717, 1.165) is 35.5 Å². The smallest absolute Gasteiger partial charge is 0.246 e. The molecule has 2 aromatic carbocycles. The molecule has 9 heteroatoms. The van der Waals surface area contributed by atoms with Crippen LogP contribution in [0.4, 0.5) is 5.82 Å². The van der Waals surface area contributed by atoms with E-state index in [4.69, 9.17) is 15.6 Å². The zero-order valence-corrected chi connectivity index (χ0v) is 21.2.